The molecule has 6 heteroatoms. The van der Waals surface area contributed by atoms with Gasteiger partial charge in [0.1, 0.15) is 11.1 Å². The van der Waals surface area contributed by atoms with Crippen LogP contribution in [0.2, 0.25) is 0 Å². The van der Waals surface area contributed by atoms with Crippen LogP contribution in [0, 0.1) is 0 Å². The molecule has 3 rings (SSSR count). The maximum absolute atomic E-state index is 5.37. The second kappa shape index (κ2) is 4.97. The van der Waals surface area contributed by atoms with Crippen molar-refractivity contribution in [3.8, 4) is 17.1 Å². The number of nitrogens with one attached hydrogen (secondary N) is 1. The molecule has 1 N–H and O–H groups in total. The summed E-state index contributed by atoms with van der Waals surface area (Å²) in [5.74, 6) is 1.56. The van der Waals surface area contributed by atoms with Crippen molar-refractivity contribution in [3.63, 3.8) is 0 Å². The highest BCUT2D eigenvalue weighted by Gasteiger charge is 2.26. The molecule has 1 aliphatic rings. The van der Waals surface area contributed by atoms with Crippen molar-refractivity contribution in [1.82, 2.24) is 14.9 Å². The van der Waals surface area contributed by atoms with Gasteiger partial charge in [0.05, 0.1) is 12.7 Å². The predicted octanol–water partition coefficient (Wildman–Crippen LogP) is 2.51. The van der Waals surface area contributed by atoms with Gasteiger partial charge in [-0.05, 0) is 19.1 Å². The van der Waals surface area contributed by atoms with Gasteiger partial charge in [-0.25, -0.2) is 4.68 Å². The Hall–Kier alpha value is -1.95. The molecule has 0 fully saturated rings. The van der Waals surface area contributed by atoms with Crippen LogP contribution in [-0.2, 0) is 0 Å². The number of allylic oxidation sites excluding steroid dienone is 1. The quantitative estimate of drug-likeness (QED) is 0.872. The average molecular weight is 274 g/mol. The van der Waals surface area contributed by atoms with Gasteiger partial charge in [0.15, 0.2) is 5.82 Å². The van der Waals surface area contributed by atoms with E-state index in [0.29, 0.717) is 0 Å². The molecule has 2 aromatic rings. The fraction of sp³-hybridized carbons (Fsp3) is 0.231. The lowest BCUT2D eigenvalue weighted by atomic mass is 10.2. The third kappa shape index (κ3) is 2.08. The molecule has 1 aromatic heterocycles. The summed E-state index contributed by atoms with van der Waals surface area (Å²) < 4.78 is 7.28. The Morgan fingerprint density at radius 2 is 2.21 bits per heavy atom. The van der Waals surface area contributed by atoms with Crippen LogP contribution < -0.4 is 10.2 Å². The zero-order chi connectivity index (χ0) is 13.2. The van der Waals surface area contributed by atoms with Crippen molar-refractivity contribution < 1.29 is 4.74 Å². The van der Waals surface area contributed by atoms with E-state index in [2.05, 4.69) is 21.7 Å². The number of aromatic nitrogens is 3. The van der Waals surface area contributed by atoms with Crippen LogP contribution in [-0.4, -0.2) is 27.4 Å². The molecule has 0 saturated heterocycles. The maximum atomic E-state index is 5.37. The number of fused-ring (bicyclic) bond motifs is 1. The molecule has 1 aliphatic heterocycles. The molecule has 5 nitrogen and oxygen atoms in total. The first-order valence-electron chi connectivity index (χ1n) is 5.98. The molecule has 0 bridgehead atoms. The molecule has 1 aromatic carbocycles. The minimum atomic E-state index is 0.198. The fourth-order valence-electron chi connectivity index (χ4n) is 1.99. The van der Waals surface area contributed by atoms with Crippen LogP contribution in [0.5, 0.6) is 5.75 Å². The highest BCUT2D eigenvalue weighted by Crippen LogP contribution is 2.34. The van der Waals surface area contributed by atoms with Crippen LogP contribution in [0.4, 0.5) is 0 Å². The first-order chi connectivity index (χ1) is 9.33. The fourth-order valence-corrected chi connectivity index (χ4v) is 2.94. The summed E-state index contributed by atoms with van der Waals surface area (Å²) in [5, 5.41) is 9.50. The van der Waals surface area contributed by atoms with Crippen LogP contribution >= 0.6 is 11.8 Å². The van der Waals surface area contributed by atoms with Gasteiger partial charge in [-0.3, -0.25) is 0 Å². The SMILES string of the molecule is CC=C[C@H]1Nn2c(nnc2-c2ccccc2OC)S1. The molecule has 0 unspecified atom stereocenters. The summed E-state index contributed by atoms with van der Waals surface area (Å²) in [7, 11) is 1.66. The van der Waals surface area contributed by atoms with Gasteiger partial charge in [-0.15, -0.1) is 10.2 Å². The van der Waals surface area contributed by atoms with Crippen LogP contribution in [0.15, 0.2) is 41.6 Å². The van der Waals surface area contributed by atoms with Gasteiger partial charge in [0, 0.05) is 0 Å². The molecule has 98 valence electrons. The van der Waals surface area contributed by atoms with Crippen LogP contribution in [0.3, 0.4) is 0 Å². The zero-order valence-corrected chi connectivity index (χ0v) is 11.5. The summed E-state index contributed by atoms with van der Waals surface area (Å²) in [6.45, 7) is 2.00. The number of hydrogen-bond donors (Lipinski definition) is 1. The minimum absolute atomic E-state index is 0.198. The molecule has 1 atom stereocenters. The van der Waals surface area contributed by atoms with E-state index < -0.39 is 0 Å². The van der Waals surface area contributed by atoms with E-state index in [1.54, 1.807) is 18.9 Å². The smallest absolute Gasteiger partial charge is 0.212 e. The van der Waals surface area contributed by atoms with Crippen molar-refractivity contribution in [3.05, 3.63) is 36.4 Å². The van der Waals surface area contributed by atoms with Crippen molar-refractivity contribution >= 4 is 11.8 Å². The lowest BCUT2D eigenvalue weighted by Crippen LogP contribution is -2.17. The van der Waals surface area contributed by atoms with Gasteiger partial charge in [0.2, 0.25) is 5.16 Å². The molecule has 0 aliphatic carbocycles. The van der Waals surface area contributed by atoms with E-state index in [1.165, 1.54) is 0 Å². The number of ether oxygens (including phenoxy) is 1. The van der Waals surface area contributed by atoms with E-state index in [4.69, 9.17) is 4.74 Å². The third-order valence-electron chi connectivity index (χ3n) is 2.84. The Balaban J connectivity index is 2.01. The standard InChI is InChI=1S/C13H14N4OS/c1-3-6-11-16-17-12(14-15-13(17)19-11)9-7-4-5-8-10(9)18-2/h3-8,11,16H,1-2H3/t11-/m0/s1. The molecule has 0 amide bonds. The van der Waals surface area contributed by atoms with Crippen molar-refractivity contribution in [2.45, 2.75) is 17.5 Å². The Morgan fingerprint density at radius 1 is 1.37 bits per heavy atom. The van der Waals surface area contributed by atoms with Crippen LogP contribution in [0.1, 0.15) is 6.92 Å². The minimum Gasteiger partial charge on any atom is -0.496 e. The molecular formula is C13H14N4OS. The van der Waals surface area contributed by atoms with E-state index in [9.17, 15) is 0 Å². The van der Waals surface area contributed by atoms with E-state index in [1.807, 2.05) is 41.9 Å². The van der Waals surface area contributed by atoms with E-state index in [0.717, 1.165) is 22.3 Å². The predicted molar refractivity (Wildman–Crippen MR) is 75.8 cm³/mol. The third-order valence-corrected chi connectivity index (χ3v) is 3.83. The van der Waals surface area contributed by atoms with E-state index >= 15 is 0 Å². The second-order valence-corrected chi connectivity index (χ2v) is 5.14. The number of thioether (sulfide) groups is 1. The number of nitrogens with zero attached hydrogens (tertiary/aromatic N) is 3. The topological polar surface area (TPSA) is 52.0 Å². The summed E-state index contributed by atoms with van der Waals surface area (Å²) in [6, 6.07) is 7.80. The molecular weight excluding hydrogens is 260 g/mol. The number of benzene rings is 1. The van der Waals surface area contributed by atoms with E-state index in [-0.39, 0.29) is 5.37 Å². The van der Waals surface area contributed by atoms with Gasteiger partial charge in [0.25, 0.3) is 0 Å². The molecule has 19 heavy (non-hydrogen) atoms. The summed E-state index contributed by atoms with van der Waals surface area (Å²) in [5.41, 5.74) is 4.27. The summed E-state index contributed by atoms with van der Waals surface area (Å²) in [4.78, 5) is 0. The highest BCUT2D eigenvalue weighted by molar-refractivity contribution is 8.00. The first-order valence-corrected chi connectivity index (χ1v) is 6.86. The van der Waals surface area contributed by atoms with Crippen LogP contribution in [0.25, 0.3) is 11.4 Å². The molecule has 0 radical (unpaired) electrons. The normalized spacial score (nSPS) is 17.5. The van der Waals surface area contributed by atoms with Crippen molar-refractivity contribution in [1.29, 1.82) is 0 Å². The Kier molecular flexibility index (Phi) is 3.16. The molecule has 0 spiro atoms. The van der Waals surface area contributed by atoms with Gasteiger partial charge in [-0.2, -0.15) is 0 Å². The average Bonchev–Trinajstić information content (AvgIpc) is 2.99. The van der Waals surface area contributed by atoms with Gasteiger partial charge in [-0.1, -0.05) is 36.0 Å². The Bertz CT molecular complexity index is 623. The molecule has 0 saturated carbocycles. The monoisotopic (exact) mass is 274 g/mol. The van der Waals surface area contributed by atoms with Crippen molar-refractivity contribution in [2.24, 2.45) is 0 Å². The number of hydrogen-bond acceptors (Lipinski definition) is 5. The van der Waals surface area contributed by atoms with Crippen molar-refractivity contribution in [2.75, 3.05) is 12.5 Å². The summed E-state index contributed by atoms with van der Waals surface area (Å²) >= 11 is 1.64. The summed E-state index contributed by atoms with van der Waals surface area (Å²) in [6.07, 6.45) is 4.11. The van der Waals surface area contributed by atoms with Gasteiger partial charge >= 0.3 is 0 Å². The second-order valence-electron chi connectivity index (χ2n) is 4.04. The first kappa shape index (κ1) is 12.1. The maximum Gasteiger partial charge on any atom is 0.212 e. The number of para-hydroxylation sites is 1. The lowest BCUT2D eigenvalue weighted by Gasteiger charge is -2.10. The zero-order valence-electron chi connectivity index (χ0n) is 10.7. The highest BCUT2D eigenvalue weighted by atomic mass is 32.2. The number of methoxy groups -OCH3 is 1. The molecule has 2 heterocycles. The Labute approximate surface area is 115 Å². The van der Waals surface area contributed by atoms with Gasteiger partial charge < -0.3 is 10.2 Å². The largest absolute Gasteiger partial charge is 0.496 e. The lowest BCUT2D eigenvalue weighted by molar-refractivity contribution is 0.416. The Morgan fingerprint density at radius 3 is 3.00 bits per heavy atom. The number of rotatable bonds is 3.